The summed E-state index contributed by atoms with van der Waals surface area (Å²) >= 11 is 1.09. The molecule has 0 atom stereocenters. The quantitative estimate of drug-likeness (QED) is 0.617. The van der Waals surface area contributed by atoms with Crippen molar-refractivity contribution in [1.82, 2.24) is 0 Å². The summed E-state index contributed by atoms with van der Waals surface area (Å²) < 4.78 is 6.39. The molecule has 3 heteroatoms. The molecule has 0 radical (unpaired) electrons. The van der Waals surface area contributed by atoms with Crippen LogP contribution in [0.2, 0.25) is 0 Å². The third-order valence-corrected chi connectivity index (χ3v) is 2.74. The van der Waals surface area contributed by atoms with E-state index in [-0.39, 0.29) is 12.4 Å². The van der Waals surface area contributed by atoms with Gasteiger partial charge < -0.3 is 0 Å². The molecule has 0 N–H and O–H groups in total. The first-order valence-electron chi connectivity index (χ1n) is 3.16. The molecule has 1 aromatic heterocycles. The maximum absolute atomic E-state index is 5.27. The van der Waals surface area contributed by atoms with E-state index < -0.39 is 0 Å². The number of furan rings is 1. The van der Waals surface area contributed by atoms with Crippen molar-refractivity contribution in [3.05, 3.63) is 30.5 Å². The normalized spacial score (nSPS) is 9.64. The van der Waals surface area contributed by atoms with Gasteiger partial charge in [-0.25, -0.2) is 0 Å². The molecule has 0 aliphatic heterocycles. The molecule has 0 aliphatic carbocycles. The Morgan fingerprint density at radius 2 is 1.91 bits per heavy atom. The Labute approximate surface area is 80.9 Å². The van der Waals surface area contributed by atoms with Crippen LogP contribution in [0.5, 0.6) is 0 Å². The number of hydrogen-bond donors (Lipinski definition) is 0. The van der Waals surface area contributed by atoms with Crippen molar-refractivity contribution in [3.8, 4) is 0 Å². The Morgan fingerprint density at radius 1 is 1.18 bits per heavy atom. The number of rotatable bonds is 0. The van der Waals surface area contributed by atoms with E-state index in [0.29, 0.717) is 0 Å². The van der Waals surface area contributed by atoms with E-state index in [1.165, 1.54) is 10.8 Å². The standard InChI is InChI=1S/C8H5O.ClH.Zn/c1-2-4-8-6-9-5-7(8)3-1;;/h1-5H;1H;. The van der Waals surface area contributed by atoms with Gasteiger partial charge in [0.25, 0.3) is 0 Å². The molecule has 53 valence electrons. The molecule has 0 saturated carbocycles. The summed E-state index contributed by atoms with van der Waals surface area (Å²) in [6, 6.07) is 8.23. The van der Waals surface area contributed by atoms with Crippen LogP contribution in [0.4, 0.5) is 0 Å². The van der Waals surface area contributed by atoms with Crippen LogP contribution in [-0.2, 0) is 18.3 Å². The monoisotopic (exact) mass is 217 g/mol. The molecule has 11 heavy (non-hydrogen) atoms. The summed E-state index contributed by atoms with van der Waals surface area (Å²) in [5.74, 6) is 0. The fraction of sp³-hybridized carbons (Fsp3) is 0. The van der Waals surface area contributed by atoms with Crippen LogP contribution in [0.3, 0.4) is 0 Å². The van der Waals surface area contributed by atoms with Gasteiger partial charge in [0.1, 0.15) is 0 Å². The molecule has 1 heterocycles. The van der Waals surface area contributed by atoms with E-state index >= 15 is 0 Å². The summed E-state index contributed by atoms with van der Waals surface area (Å²) in [5, 5.41) is 2.48. The van der Waals surface area contributed by atoms with Crippen LogP contribution in [-0.4, -0.2) is 0 Å². The van der Waals surface area contributed by atoms with E-state index in [1.807, 2.05) is 18.4 Å². The van der Waals surface area contributed by atoms with E-state index in [9.17, 15) is 0 Å². The van der Waals surface area contributed by atoms with Crippen LogP contribution in [0.25, 0.3) is 10.8 Å². The minimum atomic E-state index is 0. The van der Waals surface area contributed by atoms with Crippen molar-refractivity contribution in [1.29, 1.82) is 0 Å². The first kappa shape index (κ1) is 8.77. The summed E-state index contributed by atoms with van der Waals surface area (Å²) in [7, 11) is 0. The van der Waals surface area contributed by atoms with Crippen LogP contribution in [0.15, 0.2) is 34.9 Å². The third kappa shape index (κ3) is 1.47. The topological polar surface area (TPSA) is 13.1 Å². The molecule has 0 fully saturated rings. The molecule has 0 unspecified atom stereocenters. The predicted molar refractivity (Wildman–Crippen MR) is 43.1 cm³/mol. The molecule has 0 spiro atoms. The molecule has 0 bridgehead atoms. The van der Waals surface area contributed by atoms with E-state index in [0.717, 1.165) is 22.7 Å². The fourth-order valence-electron chi connectivity index (χ4n) is 1.05. The van der Waals surface area contributed by atoms with Gasteiger partial charge in [0.15, 0.2) is 0 Å². The molecule has 0 amide bonds. The van der Waals surface area contributed by atoms with Crippen molar-refractivity contribution >= 4 is 27.5 Å². The van der Waals surface area contributed by atoms with Crippen LogP contribution >= 0.6 is 12.4 Å². The van der Waals surface area contributed by atoms with Crippen molar-refractivity contribution in [2.24, 2.45) is 0 Å². The van der Waals surface area contributed by atoms with Crippen LogP contribution in [0.1, 0.15) is 0 Å². The average Bonchev–Trinajstić information content (AvgIpc) is 2.34. The Hall–Kier alpha value is -0.327. The molecule has 0 aliphatic rings. The zero-order valence-electron chi connectivity index (χ0n) is 5.91. The average molecular weight is 219 g/mol. The summed E-state index contributed by atoms with van der Waals surface area (Å²) in [5.41, 5.74) is 0. The van der Waals surface area contributed by atoms with Gasteiger partial charge in [-0.3, -0.25) is 0 Å². The van der Waals surface area contributed by atoms with Gasteiger partial charge >= 0.3 is 68.4 Å². The molecular weight excluding hydrogens is 213 g/mol. The van der Waals surface area contributed by atoms with Gasteiger partial charge in [0, 0.05) is 0 Å². The zero-order chi connectivity index (χ0) is 6.97. The summed E-state index contributed by atoms with van der Waals surface area (Å²) in [4.78, 5) is 0. The Balaban J connectivity index is 0.000000605. The second kappa shape index (κ2) is 3.38. The molecule has 1 aromatic carbocycles. The molecule has 2 rings (SSSR count). The van der Waals surface area contributed by atoms with Crippen molar-refractivity contribution in [3.63, 3.8) is 0 Å². The second-order valence-corrected chi connectivity index (χ2v) is 3.59. The molecule has 2 aromatic rings. The molecule has 1 nitrogen and oxygen atoms in total. The number of fused-ring (bicyclic) bond motifs is 1. The van der Waals surface area contributed by atoms with E-state index in [1.54, 1.807) is 0 Å². The number of halogens is 1. The molecular formula is C8H6ClOZn. The van der Waals surface area contributed by atoms with Gasteiger partial charge in [-0.2, -0.15) is 0 Å². The van der Waals surface area contributed by atoms with Crippen LogP contribution in [0, 0.1) is 0 Å². The van der Waals surface area contributed by atoms with Gasteiger partial charge in [-0.1, -0.05) is 0 Å². The second-order valence-electron chi connectivity index (χ2n) is 2.25. The Bertz CT molecular complexity index is 356. The first-order chi connectivity index (χ1) is 4.88. The van der Waals surface area contributed by atoms with E-state index in [2.05, 4.69) is 12.1 Å². The molecule has 0 saturated heterocycles. The zero-order valence-corrected chi connectivity index (χ0v) is 9.69. The Kier molecular flexibility index (Phi) is 2.69. The van der Waals surface area contributed by atoms with Gasteiger partial charge in [-0.05, 0) is 0 Å². The van der Waals surface area contributed by atoms with Crippen molar-refractivity contribution in [2.45, 2.75) is 0 Å². The third-order valence-electron chi connectivity index (χ3n) is 1.59. The van der Waals surface area contributed by atoms with Crippen molar-refractivity contribution in [2.75, 3.05) is 0 Å². The van der Waals surface area contributed by atoms with Crippen LogP contribution < -0.4 is 4.35 Å². The van der Waals surface area contributed by atoms with E-state index in [4.69, 9.17) is 4.42 Å². The minimum absolute atomic E-state index is 0. The number of benzene rings is 1. The van der Waals surface area contributed by atoms with Gasteiger partial charge in [0.2, 0.25) is 0 Å². The Morgan fingerprint density at radius 3 is 2.64 bits per heavy atom. The van der Waals surface area contributed by atoms with Gasteiger partial charge in [0.05, 0.1) is 0 Å². The van der Waals surface area contributed by atoms with Gasteiger partial charge in [-0.15, -0.1) is 12.4 Å². The predicted octanol–water partition coefficient (Wildman–Crippen LogP) is 2.03. The van der Waals surface area contributed by atoms with Crippen molar-refractivity contribution < 1.29 is 22.7 Å². The summed E-state index contributed by atoms with van der Waals surface area (Å²) in [6.45, 7) is 0. The first-order valence-corrected chi connectivity index (χ1v) is 4.64. The fourth-order valence-corrected chi connectivity index (χ4v) is 1.90. The maximum atomic E-state index is 5.27. The number of hydrogen-bond acceptors (Lipinski definition) is 1. The summed E-state index contributed by atoms with van der Waals surface area (Å²) in [6.07, 6.45) is 1.81. The SMILES string of the molecule is Cl.[Zn][c]1occ2ccccc12.